The highest BCUT2D eigenvalue weighted by Crippen LogP contribution is 2.44. The van der Waals surface area contributed by atoms with Crippen LogP contribution in [0.2, 0.25) is 0 Å². The molecular formula is C31H26F6N2O. The fourth-order valence-corrected chi connectivity index (χ4v) is 4.29. The zero-order valence-electron chi connectivity index (χ0n) is 21.8. The molecule has 0 aliphatic heterocycles. The van der Waals surface area contributed by atoms with Gasteiger partial charge in [-0.05, 0) is 79.4 Å². The van der Waals surface area contributed by atoms with E-state index in [0.717, 1.165) is 41.0 Å². The minimum absolute atomic E-state index is 0.136. The number of alkyl halides is 6. The van der Waals surface area contributed by atoms with Crippen LogP contribution < -0.4 is 10.6 Å². The molecule has 0 aliphatic rings. The molecule has 0 fully saturated rings. The Morgan fingerprint density at radius 2 is 1.10 bits per heavy atom. The number of halogens is 6. The maximum absolute atomic E-state index is 14.1. The van der Waals surface area contributed by atoms with Crippen LogP contribution in [-0.2, 0) is 12.4 Å². The molecule has 0 aliphatic carbocycles. The van der Waals surface area contributed by atoms with Crippen molar-refractivity contribution in [2.24, 2.45) is 0 Å². The van der Waals surface area contributed by atoms with Gasteiger partial charge in [-0.3, -0.25) is 4.79 Å². The average molecular weight is 557 g/mol. The Morgan fingerprint density at radius 3 is 1.57 bits per heavy atom. The summed E-state index contributed by atoms with van der Waals surface area (Å²) in [5.74, 6) is -0.656. The number of rotatable bonds is 6. The summed E-state index contributed by atoms with van der Waals surface area (Å²) in [6.45, 7) is 5.42. The van der Waals surface area contributed by atoms with Gasteiger partial charge in [0.05, 0.1) is 11.1 Å². The smallest absolute Gasteiger partial charge is 0.383 e. The van der Waals surface area contributed by atoms with Crippen LogP contribution in [0, 0.1) is 6.92 Å². The van der Waals surface area contributed by atoms with Gasteiger partial charge in [0.1, 0.15) is 0 Å². The fourth-order valence-electron chi connectivity index (χ4n) is 4.29. The maximum Gasteiger partial charge on any atom is 0.417 e. The first-order valence-electron chi connectivity index (χ1n) is 12.4. The first kappa shape index (κ1) is 28.7. The Morgan fingerprint density at radius 1 is 0.650 bits per heavy atom. The van der Waals surface area contributed by atoms with Crippen molar-refractivity contribution in [1.29, 1.82) is 0 Å². The van der Waals surface area contributed by atoms with Crippen molar-refractivity contribution in [3.63, 3.8) is 0 Å². The molecule has 0 unspecified atom stereocenters. The summed E-state index contributed by atoms with van der Waals surface area (Å²) in [7, 11) is 0. The van der Waals surface area contributed by atoms with E-state index in [-0.39, 0.29) is 23.0 Å². The van der Waals surface area contributed by atoms with Crippen LogP contribution in [0.1, 0.15) is 40.9 Å². The number of anilines is 2. The van der Waals surface area contributed by atoms with Crippen molar-refractivity contribution < 1.29 is 31.1 Å². The molecule has 0 aromatic heterocycles. The van der Waals surface area contributed by atoms with E-state index in [9.17, 15) is 31.1 Å². The predicted molar refractivity (Wildman–Crippen MR) is 145 cm³/mol. The van der Waals surface area contributed by atoms with Crippen molar-refractivity contribution in [2.75, 3.05) is 10.6 Å². The van der Waals surface area contributed by atoms with E-state index in [1.54, 1.807) is 38.1 Å². The molecule has 0 bridgehead atoms. The van der Waals surface area contributed by atoms with Gasteiger partial charge in [0.2, 0.25) is 0 Å². The summed E-state index contributed by atoms with van der Waals surface area (Å²) in [5, 5.41) is 5.25. The lowest BCUT2D eigenvalue weighted by Crippen LogP contribution is -2.15. The number of hydrogen-bond acceptors (Lipinski definition) is 2. The van der Waals surface area contributed by atoms with Crippen LogP contribution in [0.15, 0.2) is 84.9 Å². The van der Waals surface area contributed by atoms with Crippen LogP contribution in [0.5, 0.6) is 0 Å². The molecule has 4 aromatic rings. The van der Waals surface area contributed by atoms with E-state index >= 15 is 0 Å². The third kappa shape index (κ3) is 6.65. The van der Waals surface area contributed by atoms with E-state index in [0.29, 0.717) is 6.07 Å². The Hall–Kier alpha value is -4.27. The van der Waals surface area contributed by atoms with E-state index < -0.39 is 40.5 Å². The van der Waals surface area contributed by atoms with Gasteiger partial charge in [-0.1, -0.05) is 54.1 Å². The zero-order valence-corrected chi connectivity index (χ0v) is 21.8. The van der Waals surface area contributed by atoms with E-state index in [4.69, 9.17) is 0 Å². The Balaban J connectivity index is 1.65. The van der Waals surface area contributed by atoms with Gasteiger partial charge in [0.25, 0.3) is 5.91 Å². The van der Waals surface area contributed by atoms with E-state index in [2.05, 4.69) is 10.6 Å². The molecule has 2 N–H and O–H groups in total. The van der Waals surface area contributed by atoms with E-state index in [1.807, 2.05) is 31.2 Å². The molecule has 9 heteroatoms. The Bertz CT molecular complexity index is 1510. The zero-order chi connectivity index (χ0) is 29.2. The van der Waals surface area contributed by atoms with Crippen molar-refractivity contribution in [3.05, 3.63) is 107 Å². The third-order valence-electron chi connectivity index (χ3n) is 6.19. The maximum atomic E-state index is 14.1. The first-order chi connectivity index (χ1) is 18.7. The molecule has 0 radical (unpaired) electrons. The van der Waals surface area contributed by atoms with Gasteiger partial charge in [0, 0.05) is 23.0 Å². The SMILES string of the molecule is Cc1ccc(-c2ccc(C(=O)Nc3ccc(-c4ccc(NC(C)C)cc4C(F)(F)F)c(C(F)(F)F)c3)cc2)cc1. The van der Waals surface area contributed by atoms with Gasteiger partial charge >= 0.3 is 12.4 Å². The molecule has 0 spiro atoms. The molecular weight excluding hydrogens is 530 g/mol. The lowest BCUT2D eigenvalue weighted by Gasteiger charge is -2.20. The predicted octanol–water partition coefficient (Wildman–Crippen LogP) is 9.44. The van der Waals surface area contributed by atoms with E-state index in [1.165, 1.54) is 6.07 Å². The highest BCUT2D eigenvalue weighted by molar-refractivity contribution is 6.04. The summed E-state index contributed by atoms with van der Waals surface area (Å²) in [4.78, 5) is 12.8. The summed E-state index contributed by atoms with van der Waals surface area (Å²) in [6.07, 6.45) is -9.88. The number of carbonyl (C=O) groups is 1. The van der Waals surface area contributed by atoms with Gasteiger partial charge in [-0.15, -0.1) is 0 Å². The lowest BCUT2D eigenvalue weighted by atomic mass is 9.93. The normalized spacial score (nSPS) is 11.9. The summed E-state index contributed by atoms with van der Waals surface area (Å²) < 4.78 is 84.0. The highest BCUT2D eigenvalue weighted by atomic mass is 19.4. The number of nitrogens with one attached hydrogen (secondary N) is 2. The summed E-state index contributed by atoms with van der Waals surface area (Å²) in [6, 6.07) is 20.0. The van der Waals surface area contributed by atoms with Gasteiger partial charge in [-0.25, -0.2) is 0 Å². The quantitative estimate of drug-likeness (QED) is 0.232. The van der Waals surface area contributed by atoms with Crippen molar-refractivity contribution >= 4 is 17.3 Å². The molecule has 4 rings (SSSR count). The van der Waals surface area contributed by atoms with Crippen molar-refractivity contribution in [3.8, 4) is 22.3 Å². The molecule has 40 heavy (non-hydrogen) atoms. The minimum Gasteiger partial charge on any atom is -0.383 e. The Labute approximate surface area is 227 Å². The number of benzene rings is 4. The largest absolute Gasteiger partial charge is 0.417 e. The highest BCUT2D eigenvalue weighted by Gasteiger charge is 2.39. The number of hydrogen-bond donors (Lipinski definition) is 2. The number of aryl methyl sites for hydroxylation is 1. The number of carbonyl (C=O) groups excluding carboxylic acids is 1. The summed E-state index contributed by atoms with van der Waals surface area (Å²) >= 11 is 0. The average Bonchev–Trinajstić information content (AvgIpc) is 2.88. The minimum atomic E-state index is -4.98. The second-order valence-electron chi connectivity index (χ2n) is 9.71. The summed E-state index contributed by atoms with van der Waals surface area (Å²) in [5.41, 5.74) is -0.712. The molecule has 0 saturated heterocycles. The Kier molecular flexibility index (Phi) is 7.95. The van der Waals surface area contributed by atoms with Gasteiger partial charge in [-0.2, -0.15) is 26.3 Å². The molecule has 3 nitrogen and oxygen atoms in total. The first-order valence-corrected chi connectivity index (χ1v) is 12.4. The second-order valence-corrected chi connectivity index (χ2v) is 9.71. The second kappa shape index (κ2) is 11.1. The van der Waals surface area contributed by atoms with Gasteiger partial charge < -0.3 is 10.6 Å². The monoisotopic (exact) mass is 556 g/mol. The molecule has 4 aromatic carbocycles. The molecule has 0 saturated carbocycles. The molecule has 208 valence electrons. The van der Waals surface area contributed by atoms with Crippen LogP contribution in [0.25, 0.3) is 22.3 Å². The van der Waals surface area contributed by atoms with Crippen molar-refractivity contribution in [1.82, 2.24) is 0 Å². The third-order valence-corrected chi connectivity index (χ3v) is 6.19. The van der Waals surface area contributed by atoms with Crippen LogP contribution >= 0.6 is 0 Å². The van der Waals surface area contributed by atoms with Crippen LogP contribution in [-0.4, -0.2) is 11.9 Å². The topological polar surface area (TPSA) is 41.1 Å². The van der Waals surface area contributed by atoms with Crippen molar-refractivity contribution in [2.45, 2.75) is 39.2 Å². The van der Waals surface area contributed by atoms with Crippen LogP contribution in [0.3, 0.4) is 0 Å². The fraction of sp³-hybridized carbons (Fsp3) is 0.194. The number of amides is 1. The molecule has 0 atom stereocenters. The van der Waals surface area contributed by atoms with Crippen LogP contribution in [0.4, 0.5) is 37.7 Å². The van der Waals surface area contributed by atoms with Gasteiger partial charge in [0.15, 0.2) is 0 Å². The molecule has 0 heterocycles. The molecule has 1 amide bonds. The standard InChI is InChI=1S/C31H26F6N2O/c1-18(2)38-23-12-14-25(27(16-23)30(32,33)34)26-15-13-24(17-28(26)31(35,36)37)39-29(40)22-10-8-21(9-11-22)20-6-4-19(3)5-7-20/h4-18,38H,1-3H3,(H,39,40). The lowest BCUT2D eigenvalue weighted by molar-refractivity contribution is -0.139.